The number of aromatic nitrogens is 1. The molecule has 1 aliphatic rings. The number of methoxy groups -OCH3 is 1. The number of hydrogen-bond acceptors (Lipinski definition) is 6. The van der Waals surface area contributed by atoms with E-state index < -0.39 is 10.9 Å². The van der Waals surface area contributed by atoms with E-state index in [1.54, 1.807) is 7.11 Å². The molecular formula is C13H17N3O5. The number of piperidine rings is 1. The van der Waals surface area contributed by atoms with E-state index in [2.05, 4.69) is 4.98 Å². The normalized spacial score (nSPS) is 18.5. The smallest absolute Gasteiger partial charge is 0.339 e. The van der Waals surface area contributed by atoms with E-state index in [9.17, 15) is 20.0 Å². The zero-order valence-electron chi connectivity index (χ0n) is 11.7. The van der Waals surface area contributed by atoms with Gasteiger partial charge in [-0.05, 0) is 18.8 Å². The molecule has 8 heteroatoms. The van der Waals surface area contributed by atoms with Crippen molar-refractivity contribution < 1.29 is 19.6 Å². The Hall–Kier alpha value is -2.22. The van der Waals surface area contributed by atoms with Crippen LogP contribution in [0.4, 0.5) is 11.5 Å². The summed E-state index contributed by atoms with van der Waals surface area (Å²) in [5, 5.41) is 20.0. The van der Waals surface area contributed by atoms with Crippen LogP contribution < -0.4 is 4.90 Å². The quantitative estimate of drug-likeness (QED) is 0.648. The molecule has 0 bridgehead atoms. The van der Waals surface area contributed by atoms with Crippen molar-refractivity contribution in [2.24, 2.45) is 5.92 Å². The van der Waals surface area contributed by atoms with Gasteiger partial charge in [-0.15, -0.1) is 0 Å². The molecule has 0 saturated carbocycles. The van der Waals surface area contributed by atoms with Gasteiger partial charge in [0, 0.05) is 26.3 Å². The van der Waals surface area contributed by atoms with Gasteiger partial charge in [0.25, 0.3) is 5.69 Å². The van der Waals surface area contributed by atoms with Crippen molar-refractivity contribution in [3.05, 3.63) is 27.9 Å². The maximum atomic E-state index is 11.3. The summed E-state index contributed by atoms with van der Waals surface area (Å²) in [5.41, 5.74) is -0.455. The molecule has 1 aromatic heterocycles. The summed E-state index contributed by atoms with van der Waals surface area (Å²) in [6.45, 7) is 1.93. The molecule has 1 saturated heterocycles. The van der Waals surface area contributed by atoms with E-state index in [0.29, 0.717) is 25.6 Å². The summed E-state index contributed by atoms with van der Waals surface area (Å²) in [5.74, 6) is -0.619. The maximum absolute atomic E-state index is 11.3. The molecule has 21 heavy (non-hydrogen) atoms. The maximum Gasteiger partial charge on any atom is 0.339 e. The minimum absolute atomic E-state index is 0.137. The second kappa shape index (κ2) is 6.49. The first-order chi connectivity index (χ1) is 10.0. The number of aromatic carboxylic acids is 1. The number of carboxylic acid groups (broad SMARTS) is 1. The highest BCUT2D eigenvalue weighted by Crippen LogP contribution is 2.27. The van der Waals surface area contributed by atoms with Crippen LogP contribution >= 0.6 is 0 Å². The molecule has 1 aromatic rings. The lowest BCUT2D eigenvalue weighted by Crippen LogP contribution is -2.38. The van der Waals surface area contributed by atoms with Crippen molar-refractivity contribution in [1.82, 2.24) is 4.98 Å². The molecule has 2 heterocycles. The summed E-state index contributed by atoms with van der Waals surface area (Å²) < 4.78 is 5.14. The molecule has 1 unspecified atom stereocenters. The van der Waals surface area contributed by atoms with Crippen molar-refractivity contribution >= 4 is 17.5 Å². The van der Waals surface area contributed by atoms with E-state index in [0.717, 1.165) is 25.1 Å². The topological polar surface area (TPSA) is 106 Å². The molecule has 2 rings (SSSR count). The Labute approximate surface area is 121 Å². The van der Waals surface area contributed by atoms with Crippen LogP contribution in [0.15, 0.2) is 12.3 Å². The Bertz CT molecular complexity index is 547. The van der Waals surface area contributed by atoms with Crippen molar-refractivity contribution in [2.75, 3.05) is 31.7 Å². The lowest BCUT2D eigenvalue weighted by Gasteiger charge is -2.33. The number of nitrogens with zero attached hydrogens (tertiary/aromatic N) is 3. The highest BCUT2D eigenvalue weighted by atomic mass is 16.6. The van der Waals surface area contributed by atoms with Gasteiger partial charge in [-0.3, -0.25) is 10.1 Å². The molecule has 1 aliphatic heterocycles. The fourth-order valence-corrected chi connectivity index (χ4v) is 2.58. The molecule has 0 radical (unpaired) electrons. The summed E-state index contributed by atoms with van der Waals surface area (Å²) in [4.78, 5) is 27.3. The average molecular weight is 295 g/mol. The number of pyridine rings is 1. The number of anilines is 1. The van der Waals surface area contributed by atoms with Crippen LogP contribution in [0.25, 0.3) is 0 Å². The van der Waals surface area contributed by atoms with Crippen LogP contribution in [0.1, 0.15) is 23.2 Å². The van der Waals surface area contributed by atoms with Gasteiger partial charge in [0.1, 0.15) is 17.6 Å². The van der Waals surface area contributed by atoms with Crippen LogP contribution in [-0.2, 0) is 4.74 Å². The first-order valence-corrected chi connectivity index (χ1v) is 6.64. The van der Waals surface area contributed by atoms with E-state index >= 15 is 0 Å². The third-order valence-corrected chi connectivity index (χ3v) is 3.51. The molecule has 0 aliphatic carbocycles. The number of carboxylic acids is 1. The molecule has 0 spiro atoms. The summed E-state index contributed by atoms with van der Waals surface area (Å²) >= 11 is 0. The molecule has 1 atom stereocenters. The predicted octanol–water partition coefficient (Wildman–Crippen LogP) is 1.55. The van der Waals surface area contributed by atoms with E-state index in [1.165, 1.54) is 0 Å². The Balaban J connectivity index is 2.29. The van der Waals surface area contributed by atoms with Gasteiger partial charge in [0.15, 0.2) is 0 Å². The number of ether oxygens (including phenoxy) is 1. The number of carbonyl (C=O) groups is 1. The first kappa shape index (κ1) is 15.2. The van der Waals surface area contributed by atoms with Crippen LogP contribution in [0, 0.1) is 16.0 Å². The lowest BCUT2D eigenvalue weighted by atomic mass is 9.98. The highest BCUT2D eigenvalue weighted by Gasteiger charge is 2.26. The molecule has 1 N–H and O–H groups in total. The van der Waals surface area contributed by atoms with Crippen LogP contribution in [0.5, 0.6) is 0 Å². The average Bonchev–Trinajstić information content (AvgIpc) is 2.47. The molecule has 0 aromatic carbocycles. The summed E-state index contributed by atoms with van der Waals surface area (Å²) in [6, 6.07) is 1.06. The molecular weight excluding hydrogens is 278 g/mol. The van der Waals surface area contributed by atoms with Gasteiger partial charge in [0.2, 0.25) is 0 Å². The van der Waals surface area contributed by atoms with Gasteiger partial charge in [-0.2, -0.15) is 0 Å². The Morgan fingerprint density at radius 2 is 2.43 bits per heavy atom. The summed E-state index contributed by atoms with van der Waals surface area (Å²) in [7, 11) is 1.63. The molecule has 114 valence electrons. The van der Waals surface area contributed by atoms with E-state index in [1.807, 2.05) is 4.90 Å². The van der Waals surface area contributed by atoms with Crippen molar-refractivity contribution in [2.45, 2.75) is 12.8 Å². The van der Waals surface area contributed by atoms with Gasteiger partial charge in [-0.25, -0.2) is 9.78 Å². The molecule has 1 fully saturated rings. The van der Waals surface area contributed by atoms with Gasteiger partial charge in [0.05, 0.1) is 11.5 Å². The van der Waals surface area contributed by atoms with E-state index in [4.69, 9.17) is 4.74 Å². The Morgan fingerprint density at radius 1 is 1.67 bits per heavy atom. The fourth-order valence-electron chi connectivity index (χ4n) is 2.58. The van der Waals surface area contributed by atoms with Crippen molar-refractivity contribution in [3.63, 3.8) is 0 Å². The standard InChI is InChI=1S/C13H17N3O5/c1-21-8-9-3-2-4-15(7-9)12-11(13(17)18)5-10(6-14-12)16(19)20/h5-6,9H,2-4,7-8H2,1H3,(H,17,18). The second-order valence-electron chi connectivity index (χ2n) is 5.04. The summed E-state index contributed by atoms with van der Waals surface area (Å²) in [6.07, 6.45) is 3.02. The predicted molar refractivity (Wildman–Crippen MR) is 74.7 cm³/mol. The van der Waals surface area contributed by atoms with Crippen LogP contribution in [-0.4, -0.2) is 47.8 Å². The monoisotopic (exact) mass is 295 g/mol. The largest absolute Gasteiger partial charge is 0.478 e. The Morgan fingerprint density at radius 3 is 3.05 bits per heavy atom. The first-order valence-electron chi connectivity index (χ1n) is 6.64. The van der Waals surface area contributed by atoms with Gasteiger partial charge >= 0.3 is 5.97 Å². The zero-order chi connectivity index (χ0) is 15.4. The van der Waals surface area contributed by atoms with Crippen LogP contribution in [0.2, 0.25) is 0 Å². The van der Waals surface area contributed by atoms with E-state index in [-0.39, 0.29) is 17.1 Å². The third kappa shape index (κ3) is 3.46. The minimum Gasteiger partial charge on any atom is -0.478 e. The minimum atomic E-state index is -1.21. The highest BCUT2D eigenvalue weighted by molar-refractivity contribution is 5.94. The van der Waals surface area contributed by atoms with Gasteiger partial charge < -0.3 is 14.7 Å². The number of nitro groups is 1. The van der Waals surface area contributed by atoms with Crippen molar-refractivity contribution in [3.8, 4) is 0 Å². The molecule has 0 amide bonds. The van der Waals surface area contributed by atoms with Gasteiger partial charge in [-0.1, -0.05) is 0 Å². The number of rotatable bonds is 5. The van der Waals surface area contributed by atoms with Crippen LogP contribution in [0.3, 0.4) is 0 Å². The second-order valence-corrected chi connectivity index (χ2v) is 5.04. The van der Waals surface area contributed by atoms with Crippen molar-refractivity contribution in [1.29, 1.82) is 0 Å². The fraction of sp³-hybridized carbons (Fsp3) is 0.538. The third-order valence-electron chi connectivity index (χ3n) is 3.51. The molecule has 8 nitrogen and oxygen atoms in total. The lowest BCUT2D eigenvalue weighted by molar-refractivity contribution is -0.385. The number of hydrogen-bond donors (Lipinski definition) is 1. The Kier molecular flexibility index (Phi) is 4.69. The SMILES string of the molecule is COCC1CCCN(c2ncc([N+](=O)[O-])cc2C(=O)O)C1. The zero-order valence-corrected chi connectivity index (χ0v) is 11.7.